The SMILES string of the molecule is CNS(=O)(=O)c1ccc(CCC(=O)Nc2ccc(CC(=O)N3CCCC3)cc2)cc1. The molecule has 1 heterocycles. The Balaban J connectivity index is 1.47. The van der Waals surface area contributed by atoms with Gasteiger partial charge in [-0.25, -0.2) is 13.1 Å². The molecule has 0 atom stereocenters. The molecule has 0 aromatic heterocycles. The van der Waals surface area contributed by atoms with Crippen LogP contribution in [0.5, 0.6) is 0 Å². The minimum atomic E-state index is -3.46. The number of carbonyl (C=O) groups is 2. The molecule has 3 rings (SSSR count). The molecule has 2 N–H and O–H groups in total. The maximum Gasteiger partial charge on any atom is 0.240 e. The average Bonchev–Trinajstić information content (AvgIpc) is 3.29. The van der Waals surface area contributed by atoms with Crippen molar-refractivity contribution in [3.05, 3.63) is 59.7 Å². The van der Waals surface area contributed by atoms with E-state index < -0.39 is 10.0 Å². The number of likely N-dealkylation sites (tertiary alicyclic amines) is 1. The van der Waals surface area contributed by atoms with Crippen molar-refractivity contribution in [1.29, 1.82) is 0 Å². The number of amides is 2. The Kier molecular flexibility index (Phi) is 7.23. The summed E-state index contributed by atoms with van der Waals surface area (Å²) in [5, 5.41) is 2.85. The Labute approximate surface area is 177 Å². The van der Waals surface area contributed by atoms with Crippen LogP contribution in [-0.4, -0.2) is 45.3 Å². The third kappa shape index (κ3) is 5.90. The van der Waals surface area contributed by atoms with Gasteiger partial charge in [0.1, 0.15) is 0 Å². The fourth-order valence-electron chi connectivity index (χ4n) is 3.39. The molecule has 1 saturated heterocycles. The van der Waals surface area contributed by atoms with Gasteiger partial charge in [-0.1, -0.05) is 24.3 Å². The Morgan fingerprint density at radius 3 is 2.13 bits per heavy atom. The Morgan fingerprint density at radius 2 is 1.53 bits per heavy atom. The topological polar surface area (TPSA) is 95.6 Å². The third-order valence-electron chi connectivity index (χ3n) is 5.19. The van der Waals surface area contributed by atoms with E-state index in [1.165, 1.54) is 19.2 Å². The fraction of sp³-hybridized carbons (Fsp3) is 0.364. The van der Waals surface area contributed by atoms with E-state index in [9.17, 15) is 18.0 Å². The van der Waals surface area contributed by atoms with Crippen LogP contribution in [0.15, 0.2) is 53.4 Å². The maximum absolute atomic E-state index is 12.2. The van der Waals surface area contributed by atoms with Gasteiger partial charge in [0.25, 0.3) is 0 Å². The Bertz CT molecular complexity index is 980. The van der Waals surface area contributed by atoms with Gasteiger partial charge in [0.15, 0.2) is 0 Å². The van der Waals surface area contributed by atoms with E-state index >= 15 is 0 Å². The smallest absolute Gasteiger partial charge is 0.240 e. The fourth-order valence-corrected chi connectivity index (χ4v) is 4.12. The number of sulfonamides is 1. The number of hydrogen-bond acceptors (Lipinski definition) is 4. The number of rotatable bonds is 8. The molecule has 1 fully saturated rings. The van der Waals surface area contributed by atoms with E-state index in [2.05, 4.69) is 10.0 Å². The molecule has 30 heavy (non-hydrogen) atoms. The van der Waals surface area contributed by atoms with Crippen LogP contribution in [0.3, 0.4) is 0 Å². The molecule has 0 saturated carbocycles. The summed E-state index contributed by atoms with van der Waals surface area (Å²) >= 11 is 0. The lowest BCUT2D eigenvalue weighted by molar-refractivity contribution is -0.129. The van der Waals surface area contributed by atoms with Crippen molar-refractivity contribution in [2.75, 3.05) is 25.5 Å². The number of hydrogen-bond donors (Lipinski definition) is 2. The highest BCUT2D eigenvalue weighted by molar-refractivity contribution is 7.89. The summed E-state index contributed by atoms with van der Waals surface area (Å²) in [6.45, 7) is 1.70. The average molecular weight is 430 g/mol. The van der Waals surface area contributed by atoms with E-state index in [4.69, 9.17) is 0 Å². The van der Waals surface area contributed by atoms with Crippen molar-refractivity contribution in [1.82, 2.24) is 9.62 Å². The molecule has 0 bridgehead atoms. The molecule has 7 nitrogen and oxygen atoms in total. The molecule has 1 aliphatic heterocycles. The maximum atomic E-state index is 12.2. The largest absolute Gasteiger partial charge is 0.342 e. The standard InChI is InChI=1S/C22H27N3O4S/c1-23-30(28,29)20-11-6-17(7-12-20)8-13-21(26)24-19-9-4-18(5-10-19)16-22(27)25-14-2-3-15-25/h4-7,9-12,23H,2-3,8,13-16H2,1H3,(H,24,26). The highest BCUT2D eigenvalue weighted by Crippen LogP contribution is 2.15. The van der Waals surface area contributed by atoms with Crippen molar-refractivity contribution in [2.45, 2.75) is 37.0 Å². The highest BCUT2D eigenvalue weighted by atomic mass is 32.2. The minimum absolute atomic E-state index is 0.122. The molecule has 8 heteroatoms. The van der Waals surface area contributed by atoms with E-state index in [1.807, 2.05) is 29.2 Å². The van der Waals surface area contributed by atoms with Gasteiger partial charge in [-0.2, -0.15) is 0 Å². The molecule has 2 aromatic rings. The van der Waals surface area contributed by atoms with Gasteiger partial charge in [-0.3, -0.25) is 9.59 Å². The predicted octanol–water partition coefficient (Wildman–Crippen LogP) is 2.33. The normalized spacial score (nSPS) is 14.0. The molecular formula is C22H27N3O4S. The lowest BCUT2D eigenvalue weighted by Gasteiger charge is -2.15. The lowest BCUT2D eigenvalue weighted by atomic mass is 10.1. The first kappa shape index (κ1) is 22.0. The number of carbonyl (C=O) groups excluding carboxylic acids is 2. The van der Waals surface area contributed by atoms with Crippen LogP contribution in [0.25, 0.3) is 0 Å². The van der Waals surface area contributed by atoms with E-state index in [1.54, 1.807) is 12.1 Å². The monoisotopic (exact) mass is 429 g/mol. The summed E-state index contributed by atoms with van der Waals surface area (Å²) in [6.07, 6.45) is 3.33. The quantitative estimate of drug-likeness (QED) is 0.673. The molecule has 0 spiro atoms. The summed E-state index contributed by atoms with van der Waals surface area (Å²) < 4.78 is 25.7. The van der Waals surface area contributed by atoms with Crippen molar-refractivity contribution in [3.8, 4) is 0 Å². The first-order valence-electron chi connectivity index (χ1n) is 10.1. The van der Waals surface area contributed by atoms with Crippen molar-refractivity contribution in [2.24, 2.45) is 0 Å². The number of benzene rings is 2. The van der Waals surface area contributed by atoms with Gasteiger partial charge in [-0.15, -0.1) is 0 Å². The molecular weight excluding hydrogens is 402 g/mol. The molecule has 0 unspecified atom stereocenters. The molecule has 2 amide bonds. The van der Waals surface area contributed by atoms with Crippen LogP contribution in [0.2, 0.25) is 0 Å². The molecule has 1 aliphatic rings. The van der Waals surface area contributed by atoms with Crippen LogP contribution >= 0.6 is 0 Å². The number of nitrogens with zero attached hydrogens (tertiary/aromatic N) is 1. The van der Waals surface area contributed by atoms with Crippen molar-refractivity contribution >= 4 is 27.5 Å². The van der Waals surface area contributed by atoms with Crippen LogP contribution < -0.4 is 10.0 Å². The zero-order chi connectivity index (χ0) is 21.6. The third-order valence-corrected chi connectivity index (χ3v) is 6.63. The van der Waals surface area contributed by atoms with Crippen LogP contribution in [0.4, 0.5) is 5.69 Å². The molecule has 2 aromatic carbocycles. The Hall–Kier alpha value is -2.71. The van der Waals surface area contributed by atoms with Crippen LogP contribution in [0, 0.1) is 0 Å². The van der Waals surface area contributed by atoms with Crippen LogP contribution in [0.1, 0.15) is 30.4 Å². The lowest BCUT2D eigenvalue weighted by Crippen LogP contribution is -2.29. The van der Waals surface area contributed by atoms with E-state index in [0.717, 1.165) is 37.1 Å². The first-order chi connectivity index (χ1) is 14.4. The Morgan fingerprint density at radius 1 is 0.933 bits per heavy atom. The zero-order valence-electron chi connectivity index (χ0n) is 17.1. The summed E-state index contributed by atoms with van der Waals surface area (Å²) in [4.78, 5) is 26.5. The summed E-state index contributed by atoms with van der Waals surface area (Å²) in [5.74, 6) is 0.0284. The highest BCUT2D eigenvalue weighted by Gasteiger charge is 2.18. The summed E-state index contributed by atoms with van der Waals surface area (Å²) in [7, 11) is -2.09. The number of anilines is 1. The van der Waals surface area contributed by atoms with Gasteiger partial charge in [-0.05, 0) is 61.7 Å². The van der Waals surface area contributed by atoms with Gasteiger partial charge < -0.3 is 10.2 Å². The van der Waals surface area contributed by atoms with Gasteiger partial charge in [0, 0.05) is 25.2 Å². The van der Waals surface area contributed by atoms with E-state index in [0.29, 0.717) is 18.5 Å². The first-order valence-corrected chi connectivity index (χ1v) is 11.5. The second-order valence-corrected chi connectivity index (χ2v) is 9.25. The van der Waals surface area contributed by atoms with Gasteiger partial charge >= 0.3 is 0 Å². The predicted molar refractivity (Wildman–Crippen MR) is 116 cm³/mol. The van der Waals surface area contributed by atoms with Crippen molar-refractivity contribution < 1.29 is 18.0 Å². The zero-order valence-corrected chi connectivity index (χ0v) is 17.9. The van der Waals surface area contributed by atoms with Gasteiger partial charge in [0.2, 0.25) is 21.8 Å². The molecule has 160 valence electrons. The second kappa shape index (κ2) is 9.86. The molecule has 0 aliphatic carbocycles. The second-order valence-electron chi connectivity index (χ2n) is 7.36. The number of aryl methyl sites for hydroxylation is 1. The van der Waals surface area contributed by atoms with E-state index in [-0.39, 0.29) is 23.1 Å². The van der Waals surface area contributed by atoms with Crippen LogP contribution in [-0.2, 0) is 32.5 Å². The summed E-state index contributed by atoms with van der Waals surface area (Å²) in [5.41, 5.74) is 2.50. The minimum Gasteiger partial charge on any atom is -0.342 e. The van der Waals surface area contributed by atoms with Gasteiger partial charge in [0.05, 0.1) is 11.3 Å². The summed E-state index contributed by atoms with van der Waals surface area (Å²) in [6, 6.07) is 13.8. The molecule has 0 radical (unpaired) electrons. The number of nitrogens with one attached hydrogen (secondary N) is 2. The van der Waals surface area contributed by atoms with Crippen molar-refractivity contribution in [3.63, 3.8) is 0 Å².